The summed E-state index contributed by atoms with van der Waals surface area (Å²) in [5.74, 6) is -1.44. The first kappa shape index (κ1) is 11.2. The molecular weight excluding hydrogens is 264 g/mol. The second-order valence-corrected chi connectivity index (χ2v) is 4.05. The average Bonchev–Trinajstić information content (AvgIpc) is 2.73. The zero-order chi connectivity index (χ0) is 12.9. The van der Waals surface area contributed by atoms with Crippen LogP contribution in [0.2, 0.25) is 0 Å². The fourth-order valence-corrected chi connectivity index (χ4v) is 2.09. The van der Waals surface area contributed by atoms with E-state index in [2.05, 4.69) is 10.1 Å². The standard InChI is InChI=1S/C11H6ClF2N3O/c12-4-5-1-2-6-10(9(5)14)15-11(18)7-3-8(13)16-17(6)7/h1-3H,4H2,(H,15,18). The summed E-state index contributed by atoms with van der Waals surface area (Å²) < 4.78 is 28.1. The van der Waals surface area contributed by atoms with Crippen molar-refractivity contribution < 1.29 is 8.78 Å². The van der Waals surface area contributed by atoms with E-state index < -0.39 is 17.3 Å². The molecule has 0 aliphatic heterocycles. The molecule has 0 aliphatic carbocycles. The summed E-state index contributed by atoms with van der Waals surface area (Å²) in [5.41, 5.74) is -0.0806. The predicted molar refractivity (Wildman–Crippen MR) is 62.8 cm³/mol. The van der Waals surface area contributed by atoms with E-state index in [0.717, 1.165) is 10.6 Å². The molecule has 0 atom stereocenters. The molecule has 0 radical (unpaired) electrons. The normalized spacial score (nSPS) is 11.5. The highest BCUT2D eigenvalue weighted by molar-refractivity contribution is 6.17. The van der Waals surface area contributed by atoms with Gasteiger partial charge in [-0.05, 0) is 6.07 Å². The highest BCUT2D eigenvalue weighted by Gasteiger charge is 2.13. The molecule has 0 saturated carbocycles. The Kier molecular flexibility index (Phi) is 2.34. The zero-order valence-corrected chi connectivity index (χ0v) is 9.63. The number of hydrogen-bond donors (Lipinski definition) is 1. The summed E-state index contributed by atoms with van der Waals surface area (Å²) in [5, 5.41) is 3.53. The summed E-state index contributed by atoms with van der Waals surface area (Å²) in [4.78, 5) is 14.0. The van der Waals surface area contributed by atoms with Crippen molar-refractivity contribution in [3.8, 4) is 0 Å². The maximum absolute atomic E-state index is 14.0. The van der Waals surface area contributed by atoms with Gasteiger partial charge in [-0.2, -0.15) is 4.39 Å². The summed E-state index contributed by atoms with van der Waals surface area (Å²) >= 11 is 5.58. The quantitative estimate of drug-likeness (QED) is 0.689. The number of rotatable bonds is 1. The summed E-state index contributed by atoms with van der Waals surface area (Å²) in [6.45, 7) is 0. The van der Waals surface area contributed by atoms with E-state index in [9.17, 15) is 13.6 Å². The van der Waals surface area contributed by atoms with Crippen molar-refractivity contribution in [2.45, 2.75) is 5.88 Å². The van der Waals surface area contributed by atoms with E-state index in [1.54, 1.807) is 0 Å². The Morgan fingerprint density at radius 3 is 2.83 bits per heavy atom. The number of nitrogens with one attached hydrogen (secondary N) is 1. The fraction of sp³-hybridized carbons (Fsp3) is 0.0909. The van der Waals surface area contributed by atoms with Crippen molar-refractivity contribution in [2.75, 3.05) is 0 Å². The number of H-pyrrole nitrogens is 1. The number of nitrogens with zero attached hydrogens (tertiary/aromatic N) is 2. The third kappa shape index (κ3) is 1.42. The fourth-order valence-electron chi connectivity index (χ4n) is 1.88. The Bertz CT molecular complexity index is 824. The van der Waals surface area contributed by atoms with E-state index >= 15 is 0 Å². The van der Waals surface area contributed by atoms with Gasteiger partial charge >= 0.3 is 0 Å². The minimum atomic E-state index is -0.796. The van der Waals surface area contributed by atoms with Crippen molar-refractivity contribution >= 4 is 28.2 Å². The molecule has 0 spiro atoms. The third-order valence-corrected chi connectivity index (χ3v) is 3.01. The van der Waals surface area contributed by atoms with Crippen LogP contribution < -0.4 is 5.56 Å². The number of hydrogen-bond acceptors (Lipinski definition) is 2. The highest BCUT2D eigenvalue weighted by atomic mass is 35.5. The van der Waals surface area contributed by atoms with Crippen LogP contribution in [0.5, 0.6) is 0 Å². The van der Waals surface area contributed by atoms with E-state index in [1.807, 2.05) is 0 Å². The van der Waals surface area contributed by atoms with Crippen molar-refractivity contribution in [1.82, 2.24) is 14.6 Å². The van der Waals surface area contributed by atoms with E-state index in [4.69, 9.17) is 11.6 Å². The summed E-state index contributed by atoms with van der Waals surface area (Å²) in [6.07, 6.45) is 0. The number of alkyl halides is 1. The van der Waals surface area contributed by atoms with Crippen molar-refractivity contribution in [3.63, 3.8) is 0 Å². The lowest BCUT2D eigenvalue weighted by Gasteiger charge is -2.05. The lowest BCUT2D eigenvalue weighted by molar-refractivity contribution is 0.573. The second-order valence-electron chi connectivity index (χ2n) is 3.78. The van der Waals surface area contributed by atoms with Crippen LogP contribution in [0.15, 0.2) is 23.0 Å². The van der Waals surface area contributed by atoms with Gasteiger partial charge in [-0.3, -0.25) is 4.79 Å². The molecule has 0 fully saturated rings. The highest BCUT2D eigenvalue weighted by Crippen LogP contribution is 2.20. The molecule has 1 aromatic carbocycles. The lowest BCUT2D eigenvalue weighted by Crippen LogP contribution is -2.12. The molecule has 18 heavy (non-hydrogen) atoms. The smallest absolute Gasteiger partial charge is 0.274 e. The molecule has 0 saturated heterocycles. The van der Waals surface area contributed by atoms with Gasteiger partial charge in [0.1, 0.15) is 11.0 Å². The molecule has 2 aromatic heterocycles. The molecule has 0 bridgehead atoms. The Morgan fingerprint density at radius 1 is 1.33 bits per heavy atom. The van der Waals surface area contributed by atoms with E-state index in [-0.39, 0.29) is 28.0 Å². The minimum Gasteiger partial charge on any atom is -0.316 e. The molecule has 4 nitrogen and oxygen atoms in total. The molecule has 0 amide bonds. The van der Waals surface area contributed by atoms with E-state index in [0.29, 0.717) is 0 Å². The predicted octanol–water partition coefficient (Wildman–Crippen LogP) is 2.19. The van der Waals surface area contributed by atoms with Gasteiger partial charge in [0.15, 0.2) is 5.82 Å². The van der Waals surface area contributed by atoms with Gasteiger partial charge in [0.2, 0.25) is 5.95 Å². The van der Waals surface area contributed by atoms with Gasteiger partial charge in [-0.15, -0.1) is 16.7 Å². The number of benzene rings is 1. The number of fused-ring (bicyclic) bond motifs is 3. The Hall–Kier alpha value is -1.95. The van der Waals surface area contributed by atoms with Crippen LogP contribution in [-0.4, -0.2) is 14.6 Å². The molecule has 0 aliphatic rings. The Labute approximate surface area is 104 Å². The Balaban J connectivity index is 2.57. The first-order chi connectivity index (χ1) is 8.61. The van der Waals surface area contributed by atoms with Gasteiger partial charge < -0.3 is 4.98 Å². The molecule has 3 rings (SSSR count). The van der Waals surface area contributed by atoms with Crippen molar-refractivity contribution in [3.05, 3.63) is 45.9 Å². The van der Waals surface area contributed by atoms with Crippen molar-refractivity contribution in [2.24, 2.45) is 0 Å². The second kappa shape index (κ2) is 3.78. The van der Waals surface area contributed by atoms with Crippen LogP contribution >= 0.6 is 11.6 Å². The van der Waals surface area contributed by atoms with Gasteiger partial charge in [-0.1, -0.05) is 6.07 Å². The van der Waals surface area contributed by atoms with Crippen LogP contribution in [0.4, 0.5) is 8.78 Å². The topological polar surface area (TPSA) is 50.2 Å². The van der Waals surface area contributed by atoms with Crippen LogP contribution in [0, 0.1) is 11.8 Å². The van der Waals surface area contributed by atoms with Gasteiger partial charge in [0, 0.05) is 11.6 Å². The molecular formula is C11H6ClF2N3O. The van der Waals surface area contributed by atoms with Gasteiger partial charge in [-0.25, -0.2) is 8.91 Å². The average molecular weight is 270 g/mol. The van der Waals surface area contributed by atoms with Gasteiger partial charge in [0.25, 0.3) is 5.56 Å². The number of halogens is 3. The first-order valence-electron chi connectivity index (χ1n) is 5.06. The van der Waals surface area contributed by atoms with Crippen LogP contribution in [0.1, 0.15) is 5.56 Å². The van der Waals surface area contributed by atoms with Crippen LogP contribution in [0.3, 0.4) is 0 Å². The minimum absolute atomic E-state index is 0.0185. The molecule has 1 N–H and O–H groups in total. The zero-order valence-electron chi connectivity index (χ0n) is 8.88. The lowest BCUT2D eigenvalue weighted by atomic mass is 10.2. The van der Waals surface area contributed by atoms with E-state index in [1.165, 1.54) is 12.1 Å². The number of aromatic nitrogens is 3. The Morgan fingerprint density at radius 2 is 2.11 bits per heavy atom. The summed E-state index contributed by atoms with van der Waals surface area (Å²) in [7, 11) is 0. The number of aromatic amines is 1. The monoisotopic (exact) mass is 269 g/mol. The largest absolute Gasteiger partial charge is 0.316 e. The molecule has 92 valence electrons. The van der Waals surface area contributed by atoms with Crippen LogP contribution in [-0.2, 0) is 5.88 Å². The van der Waals surface area contributed by atoms with Crippen molar-refractivity contribution in [1.29, 1.82) is 0 Å². The molecule has 0 unspecified atom stereocenters. The summed E-state index contributed by atoms with van der Waals surface area (Å²) in [6, 6.07) is 4.00. The molecule has 2 heterocycles. The maximum Gasteiger partial charge on any atom is 0.274 e. The molecule has 7 heteroatoms. The third-order valence-electron chi connectivity index (χ3n) is 2.72. The SMILES string of the molecule is O=c1[nH]c2c(F)c(CCl)ccc2n2nc(F)cc12. The molecule has 3 aromatic rings. The maximum atomic E-state index is 14.0. The van der Waals surface area contributed by atoms with Gasteiger partial charge in [0.05, 0.1) is 11.4 Å². The van der Waals surface area contributed by atoms with Crippen LogP contribution in [0.25, 0.3) is 16.6 Å². The first-order valence-corrected chi connectivity index (χ1v) is 5.60.